The SMILES string of the molecule is CCC(CCO)NC(=O)C1CC(=O)N(CCOC)C1. The van der Waals surface area contributed by atoms with Crippen LogP contribution < -0.4 is 5.32 Å². The van der Waals surface area contributed by atoms with E-state index in [0.717, 1.165) is 6.42 Å². The molecule has 0 bridgehead atoms. The summed E-state index contributed by atoms with van der Waals surface area (Å²) in [4.78, 5) is 25.4. The van der Waals surface area contributed by atoms with Crippen LogP contribution in [0.15, 0.2) is 0 Å². The van der Waals surface area contributed by atoms with Gasteiger partial charge in [0.25, 0.3) is 0 Å². The molecule has 19 heavy (non-hydrogen) atoms. The largest absolute Gasteiger partial charge is 0.396 e. The molecule has 1 aliphatic heterocycles. The summed E-state index contributed by atoms with van der Waals surface area (Å²) in [6.07, 6.45) is 1.60. The molecule has 1 saturated heterocycles. The summed E-state index contributed by atoms with van der Waals surface area (Å²) in [6.45, 7) is 3.51. The van der Waals surface area contributed by atoms with Crippen LogP contribution in [-0.2, 0) is 14.3 Å². The van der Waals surface area contributed by atoms with Crippen molar-refractivity contribution < 1.29 is 19.4 Å². The Balaban J connectivity index is 2.43. The number of likely N-dealkylation sites (tertiary alicyclic amines) is 1. The van der Waals surface area contributed by atoms with E-state index in [4.69, 9.17) is 9.84 Å². The van der Waals surface area contributed by atoms with Crippen molar-refractivity contribution in [1.29, 1.82) is 0 Å². The maximum atomic E-state index is 12.1. The van der Waals surface area contributed by atoms with Gasteiger partial charge < -0.3 is 20.1 Å². The number of ether oxygens (including phenoxy) is 1. The topological polar surface area (TPSA) is 78.9 Å². The zero-order valence-corrected chi connectivity index (χ0v) is 11.7. The first-order valence-corrected chi connectivity index (χ1v) is 6.80. The second-order valence-electron chi connectivity index (χ2n) is 4.86. The number of methoxy groups -OCH3 is 1. The van der Waals surface area contributed by atoms with Crippen LogP contribution in [0.3, 0.4) is 0 Å². The Morgan fingerprint density at radius 1 is 1.63 bits per heavy atom. The molecule has 0 aromatic heterocycles. The molecule has 1 heterocycles. The van der Waals surface area contributed by atoms with Gasteiger partial charge in [-0.05, 0) is 12.8 Å². The molecule has 0 radical (unpaired) electrons. The lowest BCUT2D eigenvalue weighted by atomic mass is 10.1. The third-order valence-corrected chi connectivity index (χ3v) is 3.47. The molecular formula is C13H24N2O4. The van der Waals surface area contributed by atoms with E-state index in [1.165, 1.54) is 0 Å². The van der Waals surface area contributed by atoms with Gasteiger partial charge in [0, 0.05) is 39.3 Å². The molecule has 110 valence electrons. The molecule has 6 nitrogen and oxygen atoms in total. The average Bonchev–Trinajstić information content (AvgIpc) is 2.77. The molecule has 1 aliphatic rings. The minimum absolute atomic E-state index is 0.00686. The molecule has 1 fully saturated rings. The van der Waals surface area contributed by atoms with Gasteiger partial charge in [0.2, 0.25) is 11.8 Å². The molecule has 0 spiro atoms. The van der Waals surface area contributed by atoms with Gasteiger partial charge in [0.15, 0.2) is 0 Å². The quantitative estimate of drug-likeness (QED) is 0.639. The van der Waals surface area contributed by atoms with Gasteiger partial charge in [-0.3, -0.25) is 9.59 Å². The van der Waals surface area contributed by atoms with Gasteiger partial charge in [0.1, 0.15) is 0 Å². The Hall–Kier alpha value is -1.14. The molecule has 1 rings (SSSR count). The monoisotopic (exact) mass is 272 g/mol. The lowest BCUT2D eigenvalue weighted by molar-refractivity contribution is -0.129. The van der Waals surface area contributed by atoms with Crippen molar-refractivity contribution in [2.24, 2.45) is 5.92 Å². The summed E-state index contributed by atoms with van der Waals surface area (Å²) in [6, 6.07) is -0.0133. The number of carbonyl (C=O) groups is 2. The molecule has 2 amide bonds. The molecule has 6 heteroatoms. The van der Waals surface area contributed by atoms with Crippen molar-refractivity contribution in [3.8, 4) is 0 Å². The number of aliphatic hydroxyl groups is 1. The summed E-state index contributed by atoms with van der Waals surface area (Å²) < 4.78 is 4.94. The normalized spacial score (nSPS) is 20.7. The van der Waals surface area contributed by atoms with Crippen molar-refractivity contribution in [3.05, 3.63) is 0 Å². The third-order valence-electron chi connectivity index (χ3n) is 3.47. The highest BCUT2D eigenvalue weighted by atomic mass is 16.5. The van der Waals surface area contributed by atoms with E-state index in [1.54, 1.807) is 12.0 Å². The summed E-state index contributed by atoms with van der Waals surface area (Å²) in [5.41, 5.74) is 0. The fraction of sp³-hybridized carbons (Fsp3) is 0.846. The lowest BCUT2D eigenvalue weighted by Gasteiger charge is -2.19. The van der Waals surface area contributed by atoms with E-state index in [0.29, 0.717) is 26.1 Å². The molecule has 2 N–H and O–H groups in total. The van der Waals surface area contributed by atoms with E-state index >= 15 is 0 Å². The van der Waals surface area contributed by atoms with Crippen LogP contribution in [0.4, 0.5) is 0 Å². The standard InChI is InChI=1S/C13H24N2O4/c1-3-11(4-6-16)14-13(18)10-8-12(17)15(9-10)5-7-19-2/h10-11,16H,3-9H2,1-2H3,(H,14,18). The number of nitrogens with one attached hydrogen (secondary N) is 1. The van der Waals surface area contributed by atoms with E-state index in [1.807, 2.05) is 6.92 Å². The predicted octanol–water partition coefficient (Wildman–Crippen LogP) is -0.241. The van der Waals surface area contributed by atoms with Gasteiger partial charge in [0.05, 0.1) is 12.5 Å². The fourth-order valence-corrected chi connectivity index (χ4v) is 2.22. The van der Waals surface area contributed by atoms with Crippen molar-refractivity contribution in [1.82, 2.24) is 10.2 Å². The number of nitrogens with zero attached hydrogens (tertiary/aromatic N) is 1. The Kier molecular flexibility index (Phi) is 6.80. The van der Waals surface area contributed by atoms with E-state index < -0.39 is 0 Å². The average molecular weight is 272 g/mol. The summed E-state index contributed by atoms with van der Waals surface area (Å²) >= 11 is 0. The number of amides is 2. The van der Waals surface area contributed by atoms with E-state index in [9.17, 15) is 9.59 Å². The zero-order valence-electron chi connectivity index (χ0n) is 11.7. The van der Waals surface area contributed by atoms with Crippen molar-refractivity contribution in [2.45, 2.75) is 32.2 Å². The van der Waals surface area contributed by atoms with Gasteiger partial charge in [-0.1, -0.05) is 6.92 Å². The van der Waals surface area contributed by atoms with Gasteiger partial charge >= 0.3 is 0 Å². The Bertz CT molecular complexity index is 309. The molecule has 2 unspecified atom stereocenters. The fourth-order valence-electron chi connectivity index (χ4n) is 2.22. The highest BCUT2D eigenvalue weighted by Gasteiger charge is 2.34. The summed E-state index contributed by atoms with van der Waals surface area (Å²) in [7, 11) is 1.59. The van der Waals surface area contributed by atoms with Gasteiger partial charge in [-0.2, -0.15) is 0 Å². The minimum atomic E-state index is -0.280. The number of rotatable bonds is 8. The zero-order chi connectivity index (χ0) is 14.3. The lowest BCUT2D eigenvalue weighted by Crippen LogP contribution is -2.40. The van der Waals surface area contributed by atoms with Crippen LogP contribution in [0.2, 0.25) is 0 Å². The molecule has 0 saturated carbocycles. The van der Waals surface area contributed by atoms with E-state index in [-0.39, 0.29) is 36.8 Å². The van der Waals surface area contributed by atoms with Crippen LogP contribution in [-0.4, -0.2) is 61.3 Å². The highest BCUT2D eigenvalue weighted by Crippen LogP contribution is 2.18. The Morgan fingerprint density at radius 3 is 2.95 bits per heavy atom. The highest BCUT2D eigenvalue weighted by molar-refractivity contribution is 5.89. The maximum Gasteiger partial charge on any atom is 0.225 e. The second-order valence-corrected chi connectivity index (χ2v) is 4.86. The van der Waals surface area contributed by atoms with Crippen LogP contribution in [0, 0.1) is 5.92 Å². The molecule has 0 aliphatic carbocycles. The predicted molar refractivity (Wildman–Crippen MR) is 70.5 cm³/mol. The Morgan fingerprint density at radius 2 is 2.37 bits per heavy atom. The Labute approximate surface area is 114 Å². The van der Waals surface area contributed by atoms with Crippen molar-refractivity contribution in [2.75, 3.05) is 33.4 Å². The minimum Gasteiger partial charge on any atom is -0.396 e. The summed E-state index contributed by atoms with van der Waals surface area (Å²) in [5.74, 6) is -0.363. The van der Waals surface area contributed by atoms with Crippen LogP contribution >= 0.6 is 0 Å². The van der Waals surface area contributed by atoms with Crippen molar-refractivity contribution in [3.63, 3.8) is 0 Å². The van der Waals surface area contributed by atoms with Gasteiger partial charge in [-0.25, -0.2) is 0 Å². The molecule has 0 aromatic rings. The summed E-state index contributed by atoms with van der Waals surface area (Å²) in [5, 5.41) is 11.8. The molecular weight excluding hydrogens is 248 g/mol. The number of carbonyl (C=O) groups excluding carboxylic acids is 2. The molecule has 2 atom stereocenters. The van der Waals surface area contributed by atoms with Crippen LogP contribution in [0.25, 0.3) is 0 Å². The first-order valence-electron chi connectivity index (χ1n) is 6.80. The van der Waals surface area contributed by atoms with Crippen molar-refractivity contribution >= 4 is 11.8 Å². The second kappa shape index (κ2) is 8.12. The van der Waals surface area contributed by atoms with E-state index in [2.05, 4.69) is 5.32 Å². The number of hydrogen-bond donors (Lipinski definition) is 2. The smallest absolute Gasteiger partial charge is 0.225 e. The van der Waals surface area contributed by atoms with Crippen LogP contribution in [0.1, 0.15) is 26.2 Å². The number of aliphatic hydroxyl groups excluding tert-OH is 1. The first kappa shape index (κ1) is 15.9. The van der Waals surface area contributed by atoms with Gasteiger partial charge in [-0.15, -0.1) is 0 Å². The first-order chi connectivity index (χ1) is 9.12. The molecule has 0 aromatic carbocycles. The third kappa shape index (κ3) is 4.80. The number of hydrogen-bond acceptors (Lipinski definition) is 4. The van der Waals surface area contributed by atoms with Crippen LogP contribution in [0.5, 0.6) is 0 Å². The maximum absolute atomic E-state index is 12.1.